The molecule has 0 saturated carbocycles. The second-order valence-electron chi connectivity index (χ2n) is 4.17. The Morgan fingerprint density at radius 1 is 1.40 bits per heavy atom. The summed E-state index contributed by atoms with van der Waals surface area (Å²) in [5.41, 5.74) is 3.31. The number of rotatable bonds is 3. The highest BCUT2D eigenvalue weighted by Crippen LogP contribution is 2.16. The number of nitrogens with zero attached hydrogens (tertiary/aromatic N) is 3. The molecule has 0 unspecified atom stereocenters. The maximum absolute atomic E-state index is 9.43. The molecule has 0 radical (unpaired) electrons. The number of imidazole rings is 1. The van der Waals surface area contributed by atoms with E-state index in [1.807, 2.05) is 23.5 Å². The first-order valence-corrected chi connectivity index (χ1v) is 6.02. The number of benzene rings is 1. The van der Waals surface area contributed by atoms with Crippen LogP contribution in [0.2, 0.25) is 0 Å². The van der Waals surface area contributed by atoms with Gasteiger partial charge in [0.25, 0.3) is 0 Å². The first-order valence-electron chi connectivity index (χ1n) is 6.02. The van der Waals surface area contributed by atoms with Gasteiger partial charge in [0.1, 0.15) is 6.79 Å². The second kappa shape index (κ2) is 9.69. The van der Waals surface area contributed by atoms with E-state index >= 15 is 0 Å². The minimum atomic E-state index is 0.153. The number of hydrogen-bond acceptors (Lipinski definition) is 4. The SMILES string of the molecule is C=O.CN(C)C=O.Cc1cccc2ncn(CCO)c12. The number of carbonyl (C=O) groups is 2. The smallest absolute Gasteiger partial charge is 0.209 e. The topological polar surface area (TPSA) is 75.4 Å². The Kier molecular flexibility index (Phi) is 8.61. The molecule has 0 saturated heterocycles. The number of fused-ring (bicyclic) bond motifs is 1. The highest BCUT2D eigenvalue weighted by atomic mass is 16.3. The second-order valence-corrected chi connectivity index (χ2v) is 4.17. The van der Waals surface area contributed by atoms with Crippen molar-refractivity contribution < 1.29 is 14.7 Å². The van der Waals surface area contributed by atoms with Crippen molar-refractivity contribution in [3.8, 4) is 0 Å². The molecule has 1 heterocycles. The van der Waals surface area contributed by atoms with Crippen LogP contribution in [-0.2, 0) is 16.1 Å². The number of para-hydroxylation sites is 1. The number of hydrogen-bond donors (Lipinski definition) is 1. The van der Waals surface area contributed by atoms with E-state index in [9.17, 15) is 4.79 Å². The third-order valence-electron chi connectivity index (χ3n) is 2.39. The van der Waals surface area contributed by atoms with Crippen LogP contribution in [0.15, 0.2) is 24.5 Å². The zero-order chi connectivity index (χ0) is 15.5. The minimum Gasteiger partial charge on any atom is -0.395 e. The quantitative estimate of drug-likeness (QED) is 0.845. The Bertz CT molecular complexity index is 523. The fourth-order valence-corrected chi connectivity index (χ4v) is 1.59. The lowest BCUT2D eigenvalue weighted by Crippen LogP contribution is -2.06. The van der Waals surface area contributed by atoms with Crippen LogP contribution >= 0.6 is 0 Å². The molecule has 0 bridgehead atoms. The molecule has 0 spiro atoms. The summed E-state index contributed by atoms with van der Waals surface area (Å²) >= 11 is 0. The van der Waals surface area contributed by atoms with Crippen LogP contribution in [0.5, 0.6) is 0 Å². The van der Waals surface area contributed by atoms with Gasteiger partial charge in [-0.2, -0.15) is 0 Å². The Labute approximate surface area is 118 Å². The van der Waals surface area contributed by atoms with Crippen LogP contribution in [0.25, 0.3) is 11.0 Å². The van der Waals surface area contributed by atoms with E-state index < -0.39 is 0 Å². The van der Waals surface area contributed by atoms with Crippen LogP contribution in [0.4, 0.5) is 0 Å². The maximum atomic E-state index is 9.43. The summed E-state index contributed by atoms with van der Waals surface area (Å²) in [7, 11) is 3.38. The molecular weight excluding hydrogens is 258 g/mol. The van der Waals surface area contributed by atoms with Crippen molar-refractivity contribution in [2.24, 2.45) is 0 Å². The van der Waals surface area contributed by atoms with Gasteiger partial charge in [-0.25, -0.2) is 4.98 Å². The number of aryl methyl sites for hydroxylation is 1. The van der Waals surface area contributed by atoms with Crippen molar-refractivity contribution in [2.75, 3.05) is 20.7 Å². The monoisotopic (exact) mass is 279 g/mol. The molecule has 1 aromatic carbocycles. The molecule has 1 aromatic heterocycles. The Morgan fingerprint density at radius 2 is 2.00 bits per heavy atom. The third-order valence-corrected chi connectivity index (χ3v) is 2.39. The van der Waals surface area contributed by atoms with E-state index in [1.165, 1.54) is 10.5 Å². The summed E-state index contributed by atoms with van der Waals surface area (Å²) in [5.74, 6) is 0. The van der Waals surface area contributed by atoms with Gasteiger partial charge in [0.2, 0.25) is 6.41 Å². The largest absolute Gasteiger partial charge is 0.395 e. The molecule has 0 aliphatic heterocycles. The molecule has 110 valence electrons. The predicted molar refractivity (Wildman–Crippen MR) is 78.4 cm³/mol. The van der Waals surface area contributed by atoms with E-state index in [4.69, 9.17) is 9.90 Å². The molecule has 2 rings (SSSR count). The number of aliphatic hydroxyl groups excluding tert-OH is 1. The summed E-state index contributed by atoms with van der Waals surface area (Å²) < 4.78 is 1.98. The van der Waals surface area contributed by atoms with Gasteiger partial charge in [-0.3, -0.25) is 4.79 Å². The van der Waals surface area contributed by atoms with Gasteiger partial charge in [-0.05, 0) is 18.6 Å². The van der Waals surface area contributed by atoms with Gasteiger partial charge >= 0.3 is 0 Å². The minimum absolute atomic E-state index is 0.153. The molecule has 2 aromatic rings. The van der Waals surface area contributed by atoms with Crippen LogP contribution < -0.4 is 0 Å². The normalized spacial score (nSPS) is 9.00. The lowest BCUT2D eigenvalue weighted by molar-refractivity contribution is -0.115. The van der Waals surface area contributed by atoms with Crippen molar-refractivity contribution in [3.63, 3.8) is 0 Å². The fourth-order valence-electron chi connectivity index (χ4n) is 1.59. The van der Waals surface area contributed by atoms with E-state index in [-0.39, 0.29) is 6.61 Å². The Morgan fingerprint density at radius 3 is 2.50 bits per heavy atom. The lowest BCUT2D eigenvalue weighted by Gasteiger charge is -2.02. The van der Waals surface area contributed by atoms with Gasteiger partial charge < -0.3 is 19.4 Å². The summed E-state index contributed by atoms with van der Waals surface area (Å²) in [6.07, 6.45) is 2.52. The Balaban J connectivity index is 0.000000441. The lowest BCUT2D eigenvalue weighted by atomic mass is 10.2. The Hall–Kier alpha value is -2.21. The van der Waals surface area contributed by atoms with Crippen LogP contribution in [0.3, 0.4) is 0 Å². The average molecular weight is 279 g/mol. The van der Waals surface area contributed by atoms with Crippen molar-refractivity contribution in [3.05, 3.63) is 30.1 Å². The molecule has 6 heteroatoms. The zero-order valence-corrected chi connectivity index (χ0v) is 12.1. The molecule has 6 nitrogen and oxygen atoms in total. The molecule has 1 N–H and O–H groups in total. The van der Waals surface area contributed by atoms with Crippen LogP contribution in [0, 0.1) is 6.92 Å². The van der Waals surface area contributed by atoms with E-state index in [0.717, 1.165) is 17.4 Å². The molecular formula is C14H21N3O3. The van der Waals surface area contributed by atoms with Gasteiger partial charge in [-0.15, -0.1) is 0 Å². The number of aromatic nitrogens is 2. The predicted octanol–water partition coefficient (Wildman–Crippen LogP) is 0.857. The summed E-state index contributed by atoms with van der Waals surface area (Å²) in [6, 6.07) is 6.03. The molecule has 1 amide bonds. The number of aliphatic hydroxyl groups is 1. The van der Waals surface area contributed by atoms with Gasteiger partial charge in [-0.1, -0.05) is 12.1 Å². The molecule has 0 fully saturated rings. The zero-order valence-electron chi connectivity index (χ0n) is 12.1. The van der Waals surface area contributed by atoms with Crippen molar-refractivity contribution in [2.45, 2.75) is 13.5 Å². The fraction of sp³-hybridized carbons (Fsp3) is 0.357. The molecule has 0 aliphatic carbocycles. The third kappa shape index (κ3) is 5.19. The van der Waals surface area contributed by atoms with Crippen molar-refractivity contribution in [1.29, 1.82) is 0 Å². The maximum Gasteiger partial charge on any atom is 0.209 e. The van der Waals surface area contributed by atoms with Crippen LogP contribution in [-0.4, -0.2) is 53.5 Å². The summed E-state index contributed by atoms with van der Waals surface area (Å²) in [4.78, 5) is 23.1. The molecule has 0 atom stereocenters. The van der Waals surface area contributed by atoms with Gasteiger partial charge in [0.05, 0.1) is 24.0 Å². The van der Waals surface area contributed by atoms with E-state index in [1.54, 1.807) is 20.4 Å². The van der Waals surface area contributed by atoms with Crippen LogP contribution in [0.1, 0.15) is 5.56 Å². The number of amides is 1. The average Bonchev–Trinajstić information content (AvgIpc) is 2.87. The highest BCUT2D eigenvalue weighted by Gasteiger charge is 2.03. The number of carbonyl (C=O) groups excluding carboxylic acids is 2. The first-order chi connectivity index (χ1) is 9.60. The van der Waals surface area contributed by atoms with E-state index in [0.29, 0.717) is 6.54 Å². The summed E-state index contributed by atoms with van der Waals surface area (Å²) in [6.45, 7) is 4.82. The van der Waals surface area contributed by atoms with Crippen molar-refractivity contribution in [1.82, 2.24) is 14.5 Å². The van der Waals surface area contributed by atoms with Crippen molar-refractivity contribution >= 4 is 24.2 Å². The van der Waals surface area contributed by atoms with Gasteiger partial charge in [0.15, 0.2) is 0 Å². The van der Waals surface area contributed by atoms with Gasteiger partial charge in [0, 0.05) is 20.6 Å². The highest BCUT2D eigenvalue weighted by molar-refractivity contribution is 5.78. The first kappa shape index (κ1) is 17.8. The standard InChI is InChI=1S/C10H12N2O.C3H7NO.CH2O/c1-8-3-2-4-9-10(8)12(5-6-13)7-11-9;1-4(2)3-5;1-2/h2-4,7,13H,5-6H2,1H3;3H,1-2H3;1H2. The molecule has 0 aliphatic rings. The molecule has 20 heavy (non-hydrogen) atoms. The van der Waals surface area contributed by atoms with E-state index in [2.05, 4.69) is 18.0 Å². The summed E-state index contributed by atoms with van der Waals surface area (Å²) in [5, 5.41) is 8.84.